The Balaban J connectivity index is 0.00000133. The highest BCUT2D eigenvalue weighted by Gasteiger charge is 2.36. The molecule has 0 spiro atoms. The number of halogens is 1. The van der Waals surface area contributed by atoms with Crippen molar-refractivity contribution in [3.8, 4) is 0 Å². The molecule has 0 radical (unpaired) electrons. The maximum absolute atomic E-state index is 11.8. The number of aromatic nitrogens is 1. The van der Waals surface area contributed by atoms with Crippen molar-refractivity contribution in [2.45, 2.75) is 6.92 Å². The number of hydrogen-bond acceptors (Lipinski definition) is 5. The maximum Gasteiger partial charge on any atom is 0.240 e. The van der Waals surface area contributed by atoms with Gasteiger partial charge >= 0.3 is 0 Å². The first-order valence-corrected chi connectivity index (χ1v) is 6.37. The number of hydrogen-bond donors (Lipinski definition) is 2. The second-order valence-corrected chi connectivity index (χ2v) is 5.25. The molecule has 2 fully saturated rings. The van der Waals surface area contributed by atoms with Crippen molar-refractivity contribution in [1.82, 2.24) is 15.4 Å². The molecule has 0 saturated carbocycles. The van der Waals surface area contributed by atoms with Crippen molar-refractivity contribution in [3.05, 3.63) is 11.8 Å². The predicted molar refractivity (Wildman–Crippen MR) is 73.4 cm³/mol. The van der Waals surface area contributed by atoms with Crippen LogP contribution in [0.4, 0.5) is 5.88 Å². The Bertz CT molecular complexity index is 439. The van der Waals surface area contributed by atoms with Crippen LogP contribution in [-0.4, -0.2) is 48.7 Å². The normalized spacial score (nSPS) is 25.9. The SMILES string of the molecule is Cc1cc(NC(=O)CN2C[C@H]3CNC[C@H]3C2)on1.Cl. The molecule has 19 heavy (non-hydrogen) atoms. The van der Waals surface area contributed by atoms with Crippen LogP contribution in [-0.2, 0) is 4.79 Å². The largest absolute Gasteiger partial charge is 0.338 e. The van der Waals surface area contributed by atoms with E-state index in [0.717, 1.165) is 31.9 Å². The molecule has 2 saturated heterocycles. The minimum absolute atomic E-state index is 0. The first-order valence-electron chi connectivity index (χ1n) is 6.37. The number of nitrogens with zero attached hydrogens (tertiary/aromatic N) is 2. The monoisotopic (exact) mass is 286 g/mol. The third-order valence-corrected chi connectivity index (χ3v) is 3.72. The Kier molecular flexibility index (Phi) is 4.44. The van der Waals surface area contributed by atoms with Crippen molar-refractivity contribution < 1.29 is 9.32 Å². The number of fused-ring (bicyclic) bond motifs is 1. The summed E-state index contributed by atoms with van der Waals surface area (Å²) in [7, 11) is 0. The molecule has 0 aliphatic carbocycles. The van der Waals surface area contributed by atoms with Gasteiger partial charge in [-0.1, -0.05) is 5.16 Å². The average molecular weight is 287 g/mol. The van der Waals surface area contributed by atoms with Crippen molar-refractivity contribution >= 4 is 24.2 Å². The molecule has 0 unspecified atom stereocenters. The number of nitrogens with one attached hydrogen (secondary N) is 2. The van der Waals surface area contributed by atoms with Gasteiger partial charge in [-0.05, 0) is 31.8 Å². The van der Waals surface area contributed by atoms with Gasteiger partial charge < -0.3 is 9.84 Å². The lowest BCUT2D eigenvalue weighted by Crippen LogP contribution is -2.33. The van der Waals surface area contributed by atoms with Crippen molar-refractivity contribution in [2.24, 2.45) is 11.8 Å². The number of amides is 1. The maximum atomic E-state index is 11.8. The van der Waals surface area contributed by atoms with Gasteiger partial charge in [0.15, 0.2) is 0 Å². The van der Waals surface area contributed by atoms with E-state index in [4.69, 9.17) is 4.52 Å². The van der Waals surface area contributed by atoms with E-state index in [2.05, 4.69) is 20.7 Å². The molecule has 1 amide bonds. The molecule has 0 bridgehead atoms. The molecule has 0 aromatic carbocycles. The molecule has 2 N–H and O–H groups in total. The van der Waals surface area contributed by atoms with Crippen LogP contribution in [0.3, 0.4) is 0 Å². The molecule has 1 aromatic rings. The summed E-state index contributed by atoms with van der Waals surface area (Å²) in [6, 6.07) is 1.72. The van der Waals surface area contributed by atoms with Crippen LogP contribution in [0.2, 0.25) is 0 Å². The Hall–Kier alpha value is -1.11. The molecule has 2 aliphatic heterocycles. The minimum atomic E-state index is -0.0286. The molecule has 3 rings (SSSR count). The first-order chi connectivity index (χ1) is 8.70. The Labute approximate surface area is 118 Å². The fourth-order valence-corrected chi connectivity index (χ4v) is 2.88. The molecule has 7 heteroatoms. The number of aryl methyl sites for hydroxylation is 1. The van der Waals surface area contributed by atoms with E-state index in [0.29, 0.717) is 24.3 Å². The predicted octanol–water partition coefficient (Wildman–Crippen LogP) is 0.495. The molecular formula is C12H19ClN4O2. The fourth-order valence-electron chi connectivity index (χ4n) is 2.88. The lowest BCUT2D eigenvalue weighted by atomic mass is 10.0. The standard InChI is InChI=1S/C12H18N4O2.ClH/c1-8-2-12(18-15-8)14-11(17)7-16-5-9-3-13-4-10(9)6-16;/h2,9-10,13H,3-7H2,1H3,(H,14,17);1H/t9-,10+;. The highest BCUT2D eigenvalue weighted by molar-refractivity contribution is 5.91. The summed E-state index contributed by atoms with van der Waals surface area (Å²) in [5.41, 5.74) is 0.770. The van der Waals surface area contributed by atoms with Crippen LogP contribution in [0.1, 0.15) is 5.69 Å². The van der Waals surface area contributed by atoms with Crippen molar-refractivity contribution in [2.75, 3.05) is 38.0 Å². The summed E-state index contributed by atoms with van der Waals surface area (Å²) in [6.45, 7) is 6.47. The number of rotatable bonds is 3. The summed E-state index contributed by atoms with van der Waals surface area (Å²) in [4.78, 5) is 14.1. The number of anilines is 1. The van der Waals surface area contributed by atoms with Crippen LogP contribution < -0.4 is 10.6 Å². The number of likely N-dealkylation sites (tertiary alicyclic amines) is 1. The molecule has 2 aliphatic rings. The smallest absolute Gasteiger partial charge is 0.240 e. The molecule has 6 nitrogen and oxygen atoms in total. The van der Waals surface area contributed by atoms with Gasteiger partial charge in [0.2, 0.25) is 11.8 Å². The van der Waals surface area contributed by atoms with Crippen LogP contribution in [0.15, 0.2) is 10.6 Å². The van der Waals surface area contributed by atoms with Crippen LogP contribution >= 0.6 is 12.4 Å². The summed E-state index contributed by atoms with van der Waals surface area (Å²) >= 11 is 0. The van der Waals surface area contributed by atoms with E-state index >= 15 is 0 Å². The summed E-state index contributed by atoms with van der Waals surface area (Å²) in [5.74, 6) is 1.83. The summed E-state index contributed by atoms with van der Waals surface area (Å²) in [6.07, 6.45) is 0. The van der Waals surface area contributed by atoms with E-state index in [1.807, 2.05) is 6.92 Å². The minimum Gasteiger partial charge on any atom is -0.338 e. The molecule has 2 atom stereocenters. The van der Waals surface area contributed by atoms with Gasteiger partial charge in [0.25, 0.3) is 0 Å². The summed E-state index contributed by atoms with van der Waals surface area (Å²) < 4.78 is 4.96. The Morgan fingerprint density at radius 1 is 1.53 bits per heavy atom. The Morgan fingerprint density at radius 3 is 2.79 bits per heavy atom. The van der Waals surface area contributed by atoms with Gasteiger partial charge in [-0.25, -0.2) is 0 Å². The highest BCUT2D eigenvalue weighted by atomic mass is 35.5. The second-order valence-electron chi connectivity index (χ2n) is 5.25. The van der Waals surface area contributed by atoms with Gasteiger partial charge in [-0.2, -0.15) is 0 Å². The zero-order valence-electron chi connectivity index (χ0n) is 10.9. The highest BCUT2D eigenvalue weighted by Crippen LogP contribution is 2.25. The van der Waals surface area contributed by atoms with Gasteiger partial charge in [0.1, 0.15) is 0 Å². The van der Waals surface area contributed by atoms with E-state index in [-0.39, 0.29) is 18.3 Å². The first kappa shape index (κ1) is 14.3. The summed E-state index contributed by atoms with van der Waals surface area (Å²) in [5, 5.41) is 9.86. The third kappa shape index (κ3) is 3.26. The van der Waals surface area contributed by atoms with Crippen LogP contribution in [0.5, 0.6) is 0 Å². The van der Waals surface area contributed by atoms with E-state index in [1.54, 1.807) is 6.07 Å². The van der Waals surface area contributed by atoms with Crippen LogP contribution in [0, 0.1) is 18.8 Å². The molecule has 106 valence electrons. The molecule has 3 heterocycles. The topological polar surface area (TPSA) is 70.4 Å². The lowest BCUT2D eigenvalue weighted by molar-refractivity contribution is -0.117. The van der Waals surface area contributed by atoms with Gasteiger partial charge in [0.05, 0.1) is 12.2 Å². The zero-order chi connectivity index (χ0) is 12.5. The Morgan fingerprint density at radius 2 is 2.21 bits per heavy atom. The molecule has 1 aromatic heterocycles. The van der Waals surface area contributed by atoms with Crippen molar-refractivity contribution in [1.29, 1.82) is 0 Å². The van der Waals surface area contributed by atoms with Crippen LogP contribution in [0.25, 0.3) is 0 Å². The average Bonchev–Trinajstić information content (AvgIpc) is 2.94. The quantitative estimate of drug-likeness (QED) is 0.846. The van der Waals surface area contributed by atoms with Gasteiger partial charge in [0, 0.05) is 19.2 Å². The third-order valence-electron chi connectivity index (χ3n) is 3.72. The fraction of sp³-hybridized carbons (Fsp3) is 0.667. The van der Waals surface area contributed by atoms with E-state index in [1.165, 1.54) is 0 Å². The lowest BCUT2D eigenvalue weighted by Gasteiger charge is -2.15. The second kappa shape index (κ2) is 5.90. The zero-order valence-corrected chi connectivity index (χ0v) is 11.7. The number of carbonyl (C=O) groups excluding carboxylic acids is 1. The number of carbonyl (C=O) groups is 1. The van der Waals surface area contributed by atoms with Gasteiger partial charge in [-0.3, -0.25) is 15.0 Å². The van der Waals surface area contributed by atoms with E-state index < -0.39 is 0 Å². The van der Waals surface area contributed by atoms with E-state index in [9.17, 15) is 4.79 Å². The molecular weight excluding hydrogens is 268 g/mol. The van der Waals surface area contributed by atoms with Gasteiger partial charge in [-0.15, -0.1) is 12.4 Å². The van der Waals surface area contributed by atoms with Crippen molar-refractivity contribution in [3.63, 3.8) is 0 Å².